The van der Waals surface area contributed by atoms with Gasteiger partial charge >= 0.3 is 0 Å². The molecule has 0 spiro atoms. The quantitative estimate of drug-likeness (QED) is 0.683. The van der Waals surface area contributed by atoms with E-state index < -0.39 is 0 Å². The first kappa shape index (κ1) is 9.59. The van der Waals surface area contributed by atoms with Gasteiger partial charge in [0.15, 0.2) is 0 Å². The van der Waals surface area contributed by atoms with Crippen molar-refractivity contribution in [2.75, 3.05) is 20.1 Å². The summed E-state index contributed by atoms with van der Waals surface area (Å²) in [4.78, 5) is 2.39. The third-order valence-corrected chi connectivity index (χ3v) is 2.51. The van der Waals surface area contributed by atoms with Crippen LogP contribution in [0, 0.1) is 5.92 Å². The maximum absolute atomic E-state index is 3.35. The Morgan fingerprint density at radius 2 is 2.25 bits per heavy atom. The molecule has 0 saturated heterocycles. The van der Waals surface area contributed by atoms with Gasteiger partial charge in [0.05, 0.1) is 0 Å². The topological polar surface area (TPSA) is 15.3 Å². The minimum atomic E-state index is 0.618. The van der Waals surface area contributed by atoms with Crippen LogP contribution in [0.4, 0.5) is 0 Å². The highest BCUT2D eigenvalue weighted by Gasteiger charge is 2.14. The summed E-state index contributed by atoms with van der Waals surface area (Å²) >= 11 is 0. The zero-order chi connectivity index (χ0) is 8.97. The number of nitrogens with zero attached hydrogens (tertiary/aromatic N) is 1. The second-order valence-electron chi connectivity index (χ2n) is 3.81. The average Bonchev–Trinajstić information content (AvgIpc) is 2.51. The molecule has 1 N–H and O–H groups in total. The van der Waals surface area contributed by atoms with Gasteiger partial charge < -0.3 is 10.2 Å². The van der Waals surface area contributed by atoms with Crippen molar-refractivity contribution in [3.05, 3.63) is 12.3 Å². The zero-order valence-electron chi connectivity index (χ0n) is 8.38. The van der Waals surface area contributed by atoms with Crippen molar-refractivity contribution < 1.29 is 0 Å². The molecule has 0 unspecified atom stereocenters. The van der Waals surface area contributed by atoms with E-state index in [4.69, 9.17) is 0 Å². The Balaban J connectivity index is 2.31. The van der Waals surface area contributed by atoms with Gasteiger partial charge in [-0.25, -0.2) is 0 Å². The van der Waals surface area contributed by atoms with Crippen molar-refractivity contribution in [2.45, 2.75) is 26.3 Å². The molecule has 12 heavy (non-hydrogen) atoms. The van der Waals surface area contributed by atoms with Crippen molar-refractivity contribution >= 4 is 0 Å². The van der Waals surface area contributed by atoms with E-state index in [0.717, 1.165) is 6.54 Å². The summed E-state index contributed by atoms with van der Waals surface area (Å²) in [5, 5.41) is 3.35. The molecule has 1 heterocycles. The van der Waals surface area contributed by atoms with Crippen LogP contribution in [-0.4, -0.2) is 31.1 Å². The maximum atomic E-state index is 3.35. The first-order valence-corrected chi connectivity index (χ1v) is 4.82. The van der Waals surface area contributed by atoms with Gasteiger partial charge in [0.2, 0.25) is 0 Å². The van der Waals surface area contributed by atoms with Crippen LogP contribution in [-0.2, 0) is 0 Å². The van der Waals surface area contributed by atoms with Gasteiger partial charge in [-0.05, 0) is 25.6 Å². The third-order valence-electron chi connectivity index (χ3n) is 2.51. The lowest BCUT2D eigenvalue weighted by molar-refractivity contribution is 0.302. The number of rotatable bonds is 4. The lowest BCUT2D eigenvalue weighted by Crippen LogP contribution is -2.40. The zero-order valence-corrected chi connectivity index (χ0v) is 8.38. The summed E-state index contributed by atoms with van der Waals surface area (Å²) in [5.74, 6) is 0.712. The van der Waals surface area contributed by atoms with Crippen LogP contribution < -0.4 is 5.32 Å². The van der Waals surface area contributed by atoms with Gasteiger partial charge in [0.25, 0.3) is 0 Å². The Morgan fingerprint density at radius 1 is 1.50 bits per heavy atom. The Kier molecular flexibility index (Phi) is 3.60. The highest BCUT2D eigenvalue weighted by atomic mass is 15.1. The van der Waals surface area contributed by atoms with E-state index in [1.807, 2.05) is 7.05 Å². The number of nitrogens with one attached hydrogen (secondary N) is 1. The molecule has 0 aromatic rings. The van der Waals surface area contributed by atoms with Crippen molar-refractivity contribution in [1.29, 1.82) is 0 Å². The van der Waals surface area contributed by atoms with Crippen LogP contribution in [0.25, 0.3) is 0 Å². The molecule has 1 aliphatic heterocycles. The molecule has 1 atom stereocenters. The molecule has 1 rings (SSSR count). The monoisotopic (exact) mass is 168 g/mol. The lowest BCUT2D eigenvalue weighted by atomic mass is 10.0. The molecule has 2 nitrogen and oxygen atoms in total. The fourth-order valence-electron chi connectivity index (χ4n) is 1.58. The standard InChI is InChI=1S/C10H20N2/c1-9(2)10(11-3)8-12-6-4-5-7-12/h4,6,9-11H,5,7-8H2,1-3H3/t10-/m1/s1. The van der Waals surface area contributed by atoms with Gasteiger partial charge in [-0.1, -0.05) is 19.9 Å². The highest BCUT2D eigenvalue weighted by Crippen LogP contribution is 2.08. The molecule has 0 aliphatic carbocycles. The van der Waals surface area contributed by atoms with E-state index in [1.165, 1.54) is 13.0 Å². The maximum Gasteiger partial charge on any atom is 0.0328 e. The first-order chi connectivity index (χ1) is 5.74. The van der Waals surface area contributed by atoms with E-state index in [1.54, 1.807) is 0 Å². The summed E-state index contributed by atoms with van der Waals surface area (Å²) in [5.41, 5.74) is 0. The van der Waals surface area contributed by atoms with E-state index >= 15 is 0 Å². The molecule has 0 fully saturated rings. The Morgan fingerprint density at radius 3 is 2.67 bits per heavy atom. The summed E-state index contributed by atoms with van der Waals surface area (Å²) in [6, 6.07) is 0.618. The minimum Gasteiger partial charge on any atom is -0.376 e. The summed E-state index contributed by atoms with van der Waals surface area (Å²) in [6.07, 6.45) is 5.67. The van der Waals surface area contributed by atoms with Crippen LogP contribution in [0.1, 0.15) is 20.3 Å². The predicted octanol–water partition coefficient (Wildman–Crippen LogP) is 1.45. The normalized spacial score (nSPS) is 19.2. The predicted molar refractivity (Wildman–Crippen MR) is 53.0 cm³/mol. The molecule has 0 bridgehead atoms. The van der Waals surface area contributed by atoms with Crippen molar-refractivity contribution in [1.82, 2.24) is 10.2 Å². The van der Waals surface area contributed by atoms with Gasteiger partial charge in [-0.3, -0.25) is 0 Å². The van der Waals surface area contributed by atoms with E-state index in [9.17, 15) is 0 Å². The van der Waals surface area contributed by atoms with Crippen molar-refractivity contribution in [3.63, 3.8) is 0 Å². The van der Waals surface area contributed by atoms with E-state index in [0.29, 0.717) is 12.0 Å². The van der Waals surface area contributed by atoms with Crippen LogP contribution in [0.3, 0.4) is 0 Å². The molecule has 70 valence electrons. The van der Waals surface area contributed by atoms with Crippen LogP contribution in [0.15, 0.2) is 12.3 Å². The van der Waals surface area contributed by atoms with Crippen LogP contribution >= 0.6 is 0 Å². The van der Waals surface area contributed by atoms with E-state index in [2.05, 4.69) is 36.3 Å². The molecular formula is C10H20N2. The molecular weight excluding hydrogens is 148 g/mol. The number of hydrogen-bond donors (Lipinski definition) is 1. The molecule has 0 aromatic heterocycles. The lowest BCUT2D eigenvalue weighted by Gasteiger charge is -2.26. The van der Waals surface area contributed by atoms with Crippen molar-refractivity contribution in [2.24, 2.45) is 5.92 Å². The van der Waals surface area contributed by atoms with Gasteiger partial charge in [0.1, 0.15) is 0 Å². The molecule has 0 aromatic carbocycles. The fraction of sp³-hybridized carbons (Fsp3) is 0.800. The summed E-state index contributed by atoms with van der Waals surface area (Å²) < 4.78 is 0. The number of likely N-dealkylation sites (N-methyl/N-ethyl adjacent to an activating group) is 1. The van der Waals surface area contributed by atoms with Crippen LogP contribution in [0.2, 0.25) is 0 Å². The van der Waals surface area contributed by atoms with Gasteiger partial charge in [-0.15, -0.1) is 0 Å². The minimum absolute atomic E-state index is 0.618. The van der Waals surface area contributed by atoms with Gasteiger partial charge in [-0.2, -0.15) is 0 Å². The van der Waals surface area contributed by atoms with Crippen molar-refractivity contribution in [3.8, 4) is 0 Å². The molecule has 0 radical (unpaired) electrons. The Labute approximate surface area is 75.6 Å². The Bertz CT molecular complexity index is 152. The smallest absolute Gasteiger partial charge is 0.0328 e. The summed E-state index contributed by atoms with van der Waals surface area (Å²) in [7, 11) is 2.05. The fourth-order valence-corrected chi connectivity index (χ4v) is 1.58. The molecule has 1 aliphatic rings. The average molecular weight is 168 g/mol. The Hall–Kier alpha value is -0.500. The molecule has 0 amide bonds. The molecule has 2 heteroatoms. The third kappa shape index (κ3) is 2.52. The first-order valence-electron chi connectivity index (χ1n) is 4.82. The second-order valence-corrected chi connectivity index (χ2v) is 3.81. The van der Waals surface area contributed by atoms with Crippen LogP contribution in [0.5, 0.6) is 0 Å². The molecule has 0 saturated carbocycles. The highest BCUT2D eigenvalue weighted by molar-refractivity contribution is 4.92. The SMILES string of the molecule is CN[C@H](CN1C=CCC1)C(C)C. The second kappa shape index (κ2) is 4.51. The van der Waals surface area contributed by atoms with E-state index in [-0.39, 0.29) is 0 Å². The largest absolute Gasteiger partial charge is 0.376 e. The van der Waals surface area contributed by atoms with Gasteiger partial charge in [0, 0.05) is 19.1 Å². The summed E-state index contributed by atoms with van der Waals surface area (Å²) in [6.45, 7) is 6.87. The number of hydrogen-bond acceptors (Lipinski definition) is 2.